The summed E-state index contributed by atoms with van der Waals surface area (Å²) in [5.41, 5.74) is 0.657. The molecule has 9 heteroatoms. The number of nitrogens with one attached hydrogen (secondary N) is 2. The molecule has 0 unspecified atom stereocenters. The summed E-state index contributed by atoms with van der Waals surface area (Å²) in [6.45, 7) is 7.40. The summed E-state index contributed by atoms with van der Waals surface area (Å²) in [5.74, 6) is -2.22. The van der Waals surface area contributed by atoms with Gasteiger partial charge in [-0.1, -0.05) is 36.4 Å². The van der Waals surface area contributed by atoms with Gasteiger partial charge in [-0.3, -0.25) is 14.3 Å². The Morgan fingerprint density at radius 2 is 1.74 bits per heavy atom. The van der Waals surface area contributed by atoms with Gasteiger partial charge in [0.1, 0.15) is 5.82 Å². The number of esters is 1. The van der Waals surface area contributed by atoms with Crippen molar-refractivity contribution in [3.05, 3.63) is 65.5 Å². The standard InChI is InChI=1S/C25H33FN2O5S/c1-17(20-11-12-22(21(26)14-20)28-34(5,31)32)23(29)27-15-19(13-18-9-7-6-8-10-18)16-33-24(30)25(2,3)4/h6-12,14,17,19,28H,13,15-16H2,1-5H3,(H,27,29)/t17-,19+/m0/s1. The molecule has 0 aliphatic carbocycles. The first-order valence-corrected chi connectivity index (χ1v) is 12.9. The quantitative estimate of drug-likeness (QED) is 0.491. The zero-order valence-electron chi connectivity index (χ0n) is 20.2. The first-order valence-electron chi connectivity index (χ1n) is 11.0. The van der Waals surface area contributed by atoms with Crippen molar-refractivity contribution in [1.29, 1.82) is 0 Å². The average molecular weight is 493 g/mol. The molecule has 0 heterocycles. The van der Waals surface area contributed by atoms with Crippen molar-refractivity contribution in [2.24, 2.45) is 11.3 Å². The smallest absolute Gasteiger partial charge is 0.311 e. The molecule has 2 aromatic rings. The third kappa shape index (κ3) is 8.78. The zero-order chi connectivity index (χ0) is 25.5. The highest BCUT2D eigenvalue weighted by Crippen LogP contribution is 2.23. The number of hydrogen-bond acceptors (Lipinski definition) is 5. The Balaban J connectivity index is 2.05. The summed E-state index contributed by atoms with van der Waals surface area (Å²) in [5, 5.41) is 2.87. The maximum atomic E-state index is 14.3. The van der Waals surface area contributed by atoms with E-state index in [2.05, 4.69) is 10.0 Å². The van der Waals surface area contributed by atoms with Crippen molar-refractivity contribution in [1.82, 2.24) is 5.32 Å². The fourth-order valence-electron chi connectivity index (χ4n) is 3.18. The van der Waals surface area contributed by atoms with E-state index >= 15 is 0 Å². The van der Waals surface area contributed by atoms with Crippen LogP contribution >= 0.6 is 0 Å². The van der Waals surface area contributed by atoms with Crippen molar-refractivity contribution >= 4 is 27.6 Å². The Hall–Kier alpha value is -2.94. The number of amides is 1. The number of ether oxygens (including phenoxy) is 1. The van der Waals surface area contributed by atoms with Gasteiger partial charge in [-0.15, -0.1) is 0 Å². The van der Waals surface area contributed by atoms with E-state index in [1.165, 1.54) is 12.1 Å². The summed E-state index contributed by atoms with van der Waals surface area (Å²) in [7, 11) is -3.62. The molecule has 0 aliphatic heterocycles. The third-order valence-corrected chi connectivity index (χ3v) is 5.77. The molecule has 0 fully saturated rings. The van der Waals surface area contributed by atoms with Crippen LogP contribution in [0.25, 0.3) is 0 Å². The van der Waals surface area contributed by atoms with Crippen molar-refractivity contribution in [3.8, 4) is 0 Å². The minimum Gasteiger partial charge on any atom is -0.465 e. The molecule has 0 bridgehead atoms. The van der Waals surface area contributed by atoms with Gasteiger partial charge in [0.05, 0.1) is 29.9 Å². The van der Waals surface area contributed by atoms with E-state index in [1.54, 1.807) is 27.7 Å². The molecular formula is C25H33FN2O5S. The van der Waals surface area contributed by atoms with Gasteiger partial charge in [-0.25, -0.2) is 12.8 Å². The molecule has 2 atom stereocenters. The largest absolute Gasteiger partial charge is 0.465 e. The van der Waals surface area contributed by atoms with Crippen molar-refractivity contribution < 1.29 is 27.1 Å². The number of halogens is 1. The van der Waals surface area contributed by atoms with Gasteiger partial charge >= 0.3 is 5.97 Å². The number of hydrogen-bond donors (Lipinski definition) is 2. The van der Waals surface area contributed by atoms with E-state index in [0.29, 0.717) is 12.0 Å². The second-order valence-electron chi connectivity index (χ2n) is 9.48. The fourth-order valence-corrected chi connectivity index (χ4v) is 3.75. The lowest BCUT2D eigenvalue weighted by Crippen LogP contribution is -2.36. The number of carbonyl (C=O) groups is 2. The van der Waals surface area contributed by atoms with Gasteiger partial charge in [-0.05, 0) is 57.4 Å². The zero-order valence-corrected chi connectivity index (χ0v) is 21.0. The van der Waals surface area contributed by atoms with E-state index in [9.17, 15) is 22.4 Å². The molecule has 0 spiro atoms. The predicted octanol–water partition coefficient (Wildman–Crippen LogP) is 3.87. The van der Waals surface area contributed by atoms with Crippen LogP contribution in [0.4, 0.5) is 10.1 Å². The van der Waals surface area contributed by atoms with E-state index < -0.39 is 27.2 Å². The lowest BCUT2D eigenvalue weighted by Gasteiger charge is -2.22. The van der Waals surface area contributed by atoms with Gasteiger partial charge < -0.3 is 10.1 Å². The van der Waals surface area contributed by atoms with Crippen LogP contribution in [0.5, 0.6) is 0 Å². The second-order valence-corrected chi connectivity index (χ2v) is 11.2. The van der Waals surface area contributed by atoms with Crippen molar-refractivity contribution in [2.75, 3.05) is 24.1 Å². The lowest BCUT2D eigenvalue weighted by molar-refractivity contribution is -0.154. The molecule has 186 valence electrons. The Kier molecular flexibility index (Phi) is 9.21. The second kappa shape index (κ2) is 11.5. The molecule has 34 heavy (non-hydrogen) atoms. The number of benzene rings is 2. The summed E-state index contributed by atoms with van der Waals surface area (Å²) < 4.78 is 44.6. The van der Waals surface area contributed by atoms with Crippen LogP contribution < -0.4 is 10.0 Å². The molecule has 1 amide bonds. The van der Waals surface area contributed by atoms with Crippen molar-refractivity contribution in [3.63, 3.8) is 0 Å². The normalized spacial score (nSPS) is 13.6. The van der Waals surface area contributed by atoms with E-state index in [4.69, 9.17) is 4.74 Å². The van der Waals surface area contributed by atoms with Gasteiger partial charge in [0.25, 0.3) is 0 Å². The minimum atomic E-state index is -3.62. The number of anilines is 1. The van der Waals surface area contributed by atoms with Crippen LogP contribution in [-0.4, -0.2) is 39.7 Å². The molecule has 2 aromatic carbocycles. The topological polar surface area (TPSA) is 102 Å². The third-order valence-electron chi connectivity index (χ3n) is 5.18. The summed E-state index contributed by atoms with van der Waals surface area (Å²) in [6.07, 6.45) is 1.54. The highest BCUT2D eigenvalue weighted by atomic mass is 32.2. The minimum absolute atomic E-state index is 0.150. The summed E-state index contributed by atoms with van der Waals surface area (Å²) in [4.78, 5) is 25.0. The SMILES string of the molecule is C[C@H](C(=O)NC[C@H](COC(=O)C(C)(C)C)Cc1ccccc1)c1ccc(NS(C)(=O)=O)c(F)c1. The van der Waals surface area contributed by atoms with Crippen LogP contribution in [0.3, 0.4) is 0 Å². The Morgan fingerprint density at radius 3 is 2.29 bits per heavy atom. The summed E-state index contributed by atoms with van der Waals surface area (Å²) >= 11 is 0. The van der Waals surface area contributed by atoms with Crippen LogP contribution in [-0.2, 0) is 30.8 Å². The lowest BCUT2D eigenvalue weighted by atomic mass is 9.96. The number of carbonyl (C=O) groups excluding carboxylic acids is 2. The first kappa shape index (κ1) is 27.3. The van der Waals surface area contributed by atoms with Gasteiger partial charge in [0.15, 0.2) is 0 Å². The van der Waals surface area contributed by atoms with E-state index in [0.717, 1.165) is 17.9 Å². The molecule has 0 saturated carbocycles. The number of rotatable bonds is 10. The van der Waals surface area contributed by atoms with Gasteiger partial charge in [0.2, 0.25) is 15.9 Å². The molecule has 7 nitrogen and oxygen atoms in total. The van der Waals surface area contributed by atoms with Crippen LogP contribution in [0, 0.1) is 17.2 Å². The fraction of sp³-hybridized carbons (Fsp3) is 0.440. The summed E-state index contributed by atoms with van der Waals surface area (Å²) in [6, 6.07) is 13.6. The number of sulfonamides is 1. The van der Waals surface area contributed by atoms with Crippen LogP contribution in [0.2, 0.25) is 0 Å². The molecule has 0 radical (unpaired) electrons. The maximum Gasteiger partial charge on any atom is 0.311 e. The van der Waals surface area contributed by atoms with Crippen LogP contribution in [0.15, 0.2) is 48.5 Å². The van der Waals surface area contributed by atoms with E-state index in [-0.39, 0.29) is 36.6 Å². The van der Waals surface area contributed by atoms with Crippen LogP contribution in [0.1, 0.15) is 44.7 Å². The molecule has 2 rings (SSSR count). The molecule has 0 aliphatic rings. The molecule has 0 aromatic heterocycles. The average Bonchev–Trinajstić information content (AvgIpc) is 2.75. The molecular weight excluding hydrogens is 459 g/mol. The molecule has 2 N–H and O–H groups in total. The van der Waals surface area contributed by atoms with E-state index in [1.807, 2.05) is 30.3 Å². The molecule has 0 saturated heterocycles. The Labute approximate surface area is 201 Å². The van der Waals surface area contributed by atoms with Gasteiger partial charge in [-0.2, -0.15) is 0 Å². The Bertz CT molecular complexity index is 1100. The highest BCUT2D eigenvalue weighted by molar-refractivity contribution is 7.92. The Morgan fingerprint density at radius 1 is 1.09 bits per heavy atom. The predicted molar refractivity (Wildman–Crippen MR) is 130 cm³/mol. The van der Waals surface area contributed by atoms with Gasteiger partial charge in [0, 0.05) is 12.5 Å². The highest BCUT2D eigenvalue weighted by Gasteiger charge is 2.25. The monoisotopic (exact) mass is 492 g/mol. The first-order chi connectivity index (χ1) is 15.8. The maximum absolute atomic E-state index is 14.3. The van der Waals surface area contributed by atoms with Crippen molar-refractivity contribution in [2.45, 2.75) is 40.0 Å².